The van der Waals surface area contributed by atoms with E-state index in [2.05, 4.69) is 10.5 Å². The molecule has 0 aliphatic rings. The van der Waals surface area contributed by atoms with Crippen LogP contribution in [0.5, 0.6) is 11.5 Å². The Morgan fingerprint density at radius 3 is 2.76 bits per heavy atom. The number of nitro groups is 1. The molecule has 0 radical (unpaired) electrons. The molecule has 9 heteroatoms. The van der Waals surface area contributed by atoms with Crippen LogP contribution >= 0.6 is 0 Å². The maximum atomic E-state index is 11.7. The fourth-order valence-corrected chi connectivity index (χ4v) is 1.43. The largest absolute Gasteiger partial charge is 0.508 e. The number of hydrogen-bond acceptors (Lipinski definition) is 7. The highest BCUT2D eigenvalue weighted by Gasteiger charge is 2.12. The molecule has 108 valence electrons. The van der Waals surface area contributed by atoms with Crippen molar-refractivity contribution in [3.8, 4) is 11.5 Å². The molecule has 0 saturated heterocycles. The van der Waals surface area contributed by atoms with Gasteiger partial charge in [0, 0.05) is 0 Å². The molecule has 0 saturated carbocycles. The molecule has 21 heavy (non-hydrogen) atoms. The van der Waals surface area contributed by atoms with Crippen LogP contribution in [0.4, 0.5) is 5.88 Å². The van der Waals surface area contributed by atoms with Crippen LogP contribution < -0.4 is 5.43 Å². The Morgan fingerprint density at radius 1 is 1.33 bits per heavy atom. The van der Waals surface area contributed by atoms with E-state index in [1.54, 1.807) is 0 Å². The fraction of sp³-hybridized carbons (Fsp3) is 0. The van der Waals surface area contributed by atoms with Crippen LogP contribution in [-0.4, -0.2) is 27.3 Å². The summed E-state index contributed by atoms with van der Waals surface area (Å²) in [6, 6.07) is 5.89. The summed E-state index contributed by atoms with van der Waals surface area (Å²) >= 11 is 0. The van der Waals surface area contributed by atoms with Gasteiger partial charge in [-0.2, -0.15) is 5.10 Å². The number of benzene rings is 1. The van der Waals surface area contributed by atoms with Crippen molar-refractivity contribution in [3.05, 3.63) is 51.8 Å². The molecule has 2 rings (SSSR count). The number of carbonyl (C=O) groups excluding carboxylic acids is 1. The maximum absolute atomic E-state index is 11.7. The van der Waals surface area contributed by atoms with E-state index >= 15 is 0 Å². The van der Waals surface area contributed by atoms with Gasteiger partial charge in [-0.25, -0.2) is 5.43 Å². The van der Waals surface area contributed by atoms with Gasteiger partial charge in [-0.1, -0.05) is 0 Å². The molecule has 1 amide bonds. The van der Waals surface area contributed by atoms with Gasteiger partial charge in [0.15, 0.2) is 5.76 Å². The van der Waals surface area contributed by atoms with Gasteiger partial charge in [-0.3, -0.25) is 14.9 Å². The lowest BCUT2D eigenvalue weighted by Gasteiger charge is -2.02. The van der Waals surface area contributed by atoms with Gasteiger partial charge in [0.2, 0.25) is 0 Å². The topological polar surface area (TPSA) is 138 Å². The van der Waals surface area contributed by atoms with Gasteiger partial charge in [0.25, 0.3) is 5.91 Å². The minimum atomic E-state index is -0.763. The zero-order chi connectivity index (χ0) is 15.4. The molecule has 1 heterocycles. The van der Waals surface area contributed by atoms with Crippen molar-refractivity contribution in [2.45, 2.75) is 0 Å². The molecule has 1 aromatic carbocycles. The number of furan rings is 1. The van der Waals surface area contributed by atoms with Gasteiger partial charge < -0.3 is 14.6 Å². The standard InChI is InChI=1S/C12H9N3O6/c16-7-1-3-10(17)9(5-7)12(18)14-13-6-8-2-4-11(21-8)15(19)20/h1-6,16-17H,(H,14,18)/b13-6+. The highest BCUT2D eigenvalue weighted by atomic mass is 16.6. The monoisotopic (exact) mass is 291 g/mol. The molecular weight excluding hydrogens is 282 g/mol. The number of hydrazone groups is 1. The molecule has 1 aromatic heterocycles. The van der Waals surface area contributed by atoms with Gasteiger partial charge >= 0.3 is 5.88 Å². The van der Waals surface area contributed by atoms with Crippen LogP contribution in [0, 0.1) is 10.1 Å². The van der Waals surface area contributed by atoms with Gasteiger partial charge in [0.1, 0.15) is 16.4 Å². The highest BCUT2D eigenvalue weighted by molar-refractivity contribution is 5.97. The lowest BCUT2D eigenvalue weighted by molar-refractivity contribution is -0.402. The second kappa shape index (κ2) is 5.74. The van der Waals surface area contributed by atoms with E-state index in [1.807, 2.05) is 0 Å². The Kier molecular flexibility index (Phi) is 3.84. The zero-order valence-corrected chi connectivity index (χ0v) is 10.4. The highest BCUT2D eigenvalue weighted by Crippen LogP contribution is 2.21. The number of rotatable bonds is 4. The lowest BCUT2D eigenvalue weighted by Crippen LogP contribution is -2.17. The van der Waals surface area contributed by atoms with Crippen LogP contribution in [0.2, 0.25) is 0 Å². The number of nitrogens with one attached hydrogen (secondary N) is 1. The lowest BCUT2D eigenvalue weighted by atomic mass is 10.2. The molecule has 3 N–H and O–H groups in total. The Balaban J connectivity index is 2.04. The average Bonchev–Trinajstić information content (AvgIpc) is 2.90. The molecule has 0 aliphatic heterocycles. The average molecular weight is 291 g/mol. The molecular formula is C12H9N3O6. The summed E-state index contributed by atoms with van der Waals surface area (Å²) in [5.74, 6) is -1.66. The van der Waals surface area contributed by atoms with Crippen LogP contribution in [0.3, 0.4) is 0 Å². The van der Waals surface area contributed by atoms with Gasteiger partial charge in [0.05, 0.1) is 17.8 Å². The summed E-state index contributed by atoms with van der Waals surface area (Å²) in [7, 11) is 0. The Morgan fingerprint density at radius 2 is 2.10 bits per heavy atom. The SMILES string of the molecule is O=C(N/N=C/c1ccc([N+](=O)[O-])o1)c1cc(O)ccc1O. The van der Waals surface area contributed by atoms with Crippen molar-refractivity contribution in [1.29, 1.82) is 0 Å². The number of carbonyl (C=O) groups is 1. The van der Waals surface area contributed by atoms with Crippen molar-refractivity contribution in [3.63, 3.8) is 0 Å². The second-order valence-electron chi connectivity index (χ2n) is 3.83. The van der Waals surface area contributed by atoms with Gasteiger partial charge in [-0.15, -0.1) is 0 Å². The fourth-order valence-electron chi connectivity index (χ4n) is 1.43. The van der Waals surface area contributed by atoms with E-state index < -0.39 is 16.7 Å². The molecule has 2 aromatic rings. The zero-order valence-electron chi connectivity index (χ0n) is 10.4. The van der Waals surface area contributed by atoms with E-state index in [0.29, 0.717) is 0 Å². The number of hydrogen-bond donors (Lipinski definition) is 3. The molecule has 9 nitrogen and oxygen atoms in total. The molecule has 0 aliphatic carbocycles. The second-order valence-corrected chi connectivity index (χ2v) is 3.83. The minimum absolute atomic E-state index is 0.0714. The number of aromatic hydroxyl groups is 2. The van der Waals surface area contributed by atoms with Crippen LogP contribution in [0.25, 0.3) is 0 Å². The first kappa shape index (κ1) is 14.1. The van der Waals surface area contributed by atoms with E-state index in [1.165, 1.54) is 12.1 Å². The third-order valence-corrected chi connectivity index (χ3v) is 2.38. The summed E-state index contributed by atoms with van der Waals surface area (Å²) in [6.45, 7) is 0. The number of nitrogens with zero attached hydrogens (tertiary/aromatic N) is 2. The first-order valence-corrected chi connectivity index (χ1v) is 5.57. The smallest absolute Gasteiger partial charge is 0.433 e. The Labute approximate surface area is 117 Å². The predicted molar refractivity (Wildman–Crippen MR) is 70.2 cm³/mol. The number of phenols is 2. The van der Waals surface area contributed by atoms with Crippen molar-refractivity contribution in [2.75, 3.05) is 0 Å². The third-order valence-electron chi connectivity index (χ3n) is 2.38. The van der Waals surface area contributed by atoms with Crippen molar-refractivity contribution in [2.24, 2.45) is 5.10 Å². The molecule has 0 unspecified atom stereocenters. The van der Waals surface area contributed by atoms with Crippen molar-refractivity contribution in [1.82, 2.24) is 5.43 Å². The maximum Gasteiger partial charge on any atom is 0.433 e. The molecule has 0 spiro atoms. The van der Waals surface area contributed by atoms with Crippen molar-refractivity contribution < 1.29 is 24.3 Å². The first-order chi connectivity index (χ1) is 9.97. The molecule has 0 fully saturated rings. The van der Waals surface area contributed by atoms with Gasteiger partial charge in [-0.05, 0) is 24.3 Å². The predicted octanol–water partition coefficient (Wildman–Crippen LogP) is 1.36. The number of phenolic OH excluding ortho intramolecular Hbond substituents is 2. The quantitative estimate of drug-likeness (QED) is 0.336. The summed E-state index contributed by atoms with van der Waals surface area (Å²) < 4.78 is 4.79. The normalized spacial score (nSPS) is 10.7. The molecule has 0 bridgehead atoms. The van der Waals surface area contributed by atoms with Crippen molar-refractivity contribution >= 4 is 18.0 Å². The molecule has 0 atom stereocenters. The Bertz CT molecular complexity index is 722. The number of amides is 1. The summed E-state index contributed by atoms with van der Waals surface area (Å²) in [4.78, 5) is 21.4. The van der Waals surface area contributed by atoms with E-state index in [4.69, 9.17) is 4.42 Å². The third kappa shape index (κ3) is 3.35. The Hall–Kier alpha value is -3.36. The summed E-state index contributed by atoms with van der Waals surface area (Å²) in [5, 5.41) is 32.6. The minimum Gasteiger partial charge on any atom is -0.508 e. The summed E-state index contributed by atoms with van der Waals surface area (Å²) in [5.41, 5.74) is 1.91. The van der Waals surface area contributed by atoms with E-state index in [-0.39, 0.29) is 22.8 Å². The van der Waals surface area contributed by atoms with Crippen LogP contribution in [0.15, 0.2) is 39.9 Å². The van der Waals surface area contributed by atoms with E-state index in [0.717, 1.165) is 24.4 Å². The van der Waals surface area contributed by atoms with Crippen LogP contribution in [0.1, 0.15) is 16.1 Å². The van der Waals surface area contributed by atoms with E-state index in [9.17, 15) is 25.1 Å². The summed E-state index contributed by atoms with van der Waals surface area (Å²) in [6.07, 6.45) is 1.06. The first-order valence-electron chi connectivity index (χ1n) is 5.57. The van der Waals surface area contributed by atoms with Crippen LogP contribution in [-0.2, 0) is 0 Å².